The molecule has 0 saturated heterocycles. The topological polar surface area (TPSA) is 93.0 Å². The number of carbonyl (C=O) groups is 1. The minimum atomic E-state index is -0.431. The number of fused-ring (bicyclic) bond motifs is 1. The van der Waals surface area contributed by atoms with Crippen LogP contribution in [0.25, 0.3) is 10.9 Å². The molecule has 138 valence electrons. The van der Waals surface area contributed by atoms with Gasteiger partial charge in [-0.25, -0.2) is 5.43 Å². The average Bonchev–Trinajstić information content (AvgIpc) is 2.69. The van der Waals surface area contributed by atoms with Crippen LogP contribution in [-0.2, 0) is 4.79 Å². The molecule has 0 saturated carbocycles. The van der Waals surface area contributed by atoms with Crippen molar-refractivity contribution < 1.29 is 19.4 Å². The molecule has 0 atom stereocenters. The number of phenolic OH excluding ortho intramolecular Hbond substituents is 1. The Bertz CT molecular complexity index is 967. The highest BCUT2D eigenvalue weighted by Crippen LogP contribution is 2.28. The molecule has 0 aliphatic heterocycles. The van der Waals surface area contributed by atoms with Crippen LogP contribution >= 0.6 is 0 Å². The first-order chi connectivity index (χ1) is 13.2. The van der Waals surface area contributed by atoms with Crippen LogP contribution in [-0.4, -0.2) is 35.4 Å². The molecule has 1 aromatic heterocycles. The Kier molecular flexibility index (Phi) is 5.84. The van der Waals surface area contributed by atoms with E-state index in [1.165, 1.54) is 6.21 Å². The average molecular weight is 365 g/mol. The van der Waals surface area contributed by atoms with Crippen LogP contribution < -0.4 is 14.9 Å². The van der Waals surface area contributed by atoms with Crippen molar-refractivity contribution in [3.05, 3.63) is 60.3 Å². The Morgan fingerprint density at radius 1 is 1.15 bits per heavy atom. The van der Waals surface area contributed by atoms with E-state index in [2.05, 4.69) is 15.5 Å². The normalized spacial score (nSPS) is 10.9. The number of para-hydroxylation sites is 2. The van der Waals surface area contributed by atoms with Gasteiger partial charge in [-0.3, -0.25) is 9.78 Å². The van der Waals surface area contributed by atoms with Gasteiger partial charge in [0.25, 0.3) is 5.91 Å². The number of nitrogens with one attached hydrogen (secondary N) is 1. The number of aromatic hydroxyl groups is 1. The van der Waals surface area contributed by atoms with Gasteiger partial charge in [-0.05, 0) is 31.2 Å². The number of nitrogens with zero attached hydrogens (tertiary/aromatic N) is 2. The van der Waals surface area contributed by atoms with E-state index in [-0.39, 0.29) is 12.4 Å². The molecule has 0 unspecified atom stereocenters. The third-order valence-corrected chi connectivity index (χ3v) is 3.68. The molecule has 3 aromatic rings. The summed E-state index contributed by atoms with van der Waals surface area (Å²) in [7, 11) is 0. The van der Waals surface area contributed by atoms with E-state index >= 15 is 0 Å². The quantitative estimate of drug-likeness (QED) is 0.496. The maximum absolute atomic E-state index is 11.9. The number of hydrogen-bond acceptors (Lipinski definition) is 6. The van der Waals surface area contributed by atoms with Crippen molar-refractivity contribution in [1.82, 2.24) is 10.4 Å². The summed E-state index contributed by atoms with van der Waals surface area (Å²) in [6, 6.07) is 14.3. The third kappa shape index (κ3) is 4.52. The van der Waals surface area contributed by atoms with Crippen LogP contribution in [0.1, 0.15) is 12.5 Å². The van der Waals surface area contributed by atoms with Crippen LogP contribution in [0, 0.1) is 0 Å². The molecule has 2 aromatic carbocycles. The monoisotopic (exact) mass is 365 g/mol. The van der Waals surface area contributed by atoms with Crippen molar-refractivity contribution in [1.29, 1.82) is 0 Å². The van der Waals surface area contributed by atoms with Gasteiger partial charge in [0, 0.05) is 17.1 Å². The molecule has 1 heterocycles. The Hall–Kier alpha value is -3.61. The van der Waals surface area contributed by atoms with Gasteiger partial charge in [0.05, 0.1) is 12.8 Å². The maximum Gasteiger partial charge on any atom is 0.277 e. The number of hydrazone groups is 1. The number of carbonyl (C=O) groups excluding carboxylic acids is 1. The largest absolute Gasteiger partial charge is 0.504 e. The summed E-state index contributed by atoms with van der Waals surface area (Å²) in [4.78, 5) is 16.2. The van der Waals surface area contributed by atoms with E-state index in [1.807, 2.05) is 31.2 Å². The zero-order valence-corrected chi connectivity index (χ0v) is 14.8. The molecule has 0 fully saturated rings. The number of ether oxygens (including phenoxy) is 2. The second-order valence-electron chi connectivity index (χ2n) is 5.54. The number of hydrogen-bond donors (Lipinski definition) is 2. The fraction of sp³-hybridized carbons (Fsp3) is 0.150. The third-order valence-electron chi connectivity index (χ3n) is 3.68. The number of amides is 1. The molecule has 7 nitrogen and oxygen atoms in total. The van der Waals surface area contributed by atoms with E-state index in [9.17, 15) is 9.90 Å². The SMILES string of the molecule is CCOc1cccc(/C=N/NC(=O)COc2cccc3cccnc23)c1O. The summed E-state index contributed by atoms with van der Waals surface area (Å²) < 4.78 is 10.8. The summed E-state index contributed by atoms with van der Waals surface area (Å²) in [6.45, 7) is 2.05. The van der Waals surface area contributed by atoms with E-state index in [0.717, 1.165) is 5.39 Å². The molecule has 1 amide bonds. The second kappa shape index (κ2) is 8.66. The predicted octanol–water partition coefficient (Wildman–Crippen LogP) is 2.87. The molecule has 27 heavy (non-hydrogen) atoms. The van der Waals surface area contributed by atoms with Gasteiger partial charge in [0.2, 0.25) is 0 Å². The first-order valence-corrected chi connectivity index (χ1v) is 8.42. The molecule has 0 aliphatic carbocycles. The van der Waals surface area contributed by atoms with Gasteiger partial charge in [-0.1, -0.05) is 24.3 Å². The summed E-state index contributed by atoms with van der Waals surface area (Å²) in [6.07, 6.45) is 3.01. The first-order valence-electron chi connectivity index (χ1n) is 8.42. The smallest absolute Gasteiger partial charge is 0.277 e. The van der Waals surface area contributed by atoms with Crippen molar-refractivity contribution >= 4 is 23.0 Å². The van der Waals surface area contributed by atoms with Crippen LogP contribution in [0.5, 0.6) is 17.2 Å². The molecule has 0 spiro atoms. The van der Waals surface area contributed by atoms with E-state index in [1.54, 1.807) is 30.5 Å². The van der Waals surface area contributed by atoms with Crippen LogP contribution in [0.4, 0.5) is 0 Å². The Labute approximate surface area is 156 Å². The Morgan fingerprint density at radius 2 is 1.93 bits per heavy atom. The molecular formula is C20H19N3O4. The van der Waals surface area contributed by atoms with E-state index in [0.29, 0.717) is 29.2 Å². The summed E-state index contributed by atoms with van der Waals surface area (Å²) >= 11 is 0. The number of rotatable bonds is 7. The number of aromatic nitrogens is 1. The highest BCUT2D eigenvalue weighted by Gasteiger charge is 2.07. The van der Waals surface area contributed by atoms with Crippen molar-refractivity contribution in [2.75, 3.05) is 13.2 Å². The van der Waals surface area contributed by atoms with Gasteiger partial charge < -0.3 is 14.6 Å². The zero-order valence-electron chi connectivity index (χ0n) is 14.8. The van der Waals surface area contributed by atoms with E-state index < -0.39 is 5.91 Å². The highest BCUT2D eigenvalue weighted by atomic mass is 16.5. The molecule has 0 aliphatic rings. The standard InChI is InChI=1S/C20H19N3O4/c1-2-26-17-10-4-7-15(20(17)25)12-22-23-18(24)13-27-16-9-3-6-14-8-5-11-21-19(14)16/h3-12,25H,2,13H2,1H3,(H,23,24)/b22-12+. The van der Waals surface area contributed by atoms with Gasteiger partial charge in [0.1, 0.15) is 11.3 Å². The Morgan fingerprint density at radius 3 is 2.78 bits per heavy atom. The lowest BCUT2D eigenvalue weighted by atomic mass is 10.2. The number of phenols is 1. The molecule has 0 bridgehead atoms. The highest BCUT2D eigenvalue weighted by molar-refractivity contribution is 5.87. The zero-order chi connectivity index (χ0) is 19.1. The number of benzene rings is 2. The van der Waals surface area contributed by atoms with Crippen LogP contribution in [0.15, 0.2) is 59.8 Å². The summed E-state index contributed by atoms with van der Waals surface area (Å²) in [5.74, 6) is 0.420. The lowest BCUT2D eigenvalue weighted by Crippen LogP contribution is -2.24. The molecular weight excluding hydrogens is 346 g/mol. The summed E-state index contributed by atoms with van der Waals surface area (Å²) in [5.41, 5.74) is 3.48. The maximum atomic E-state index is 11.9. The molecule has 7 heteroatoms. The predicted molar refractivity (Wildman–Crippen MR) is 102 cm³/mol. The number of pyridine rings is 1. The molecule has 3 rings (SSSR count). The minimum absolute atomic E-state index is 0.0320. The lowest BCUT2D eigenvalue weighted by Gasteiger charge is -2.08. The lowest BCUT2D eigenvalue weighted by molar-refractivity contribution is -0.123. The first kappa shape index (κ1) is 18.2. The van der Waals surface area contributed by atoms with Crippen molar-refractivity contribution in [2.45, 2.75) is 6.92 Å². The van der Waals surface area contributed by atoms with Crippen LogP contribution in [0.2, 0.25) is 0 Å². The second-order valence-corrected chi connectivity index (χ2v) is 5.54. The summed E-state index contributed by atoms with van der Waals surface area (Å²) in [5, 5.41) is 14.8. The van der Waals surface area contributed by atoms with Crippen molar-refractivity contribution in [3.63, 3.8) is 0 Å². The minimum Gasteiger partial charge on any atom is -0.504 e. The Balaban J connectivity index is 1.58. The fourth-order valence-corrected chi connectivity index (χ4v) is 2.46. The van der Waals surface area contributed by atoms with Crippen LogP contribution in [0.3, 0.4) is 0 Å². The van der Waals surface area contributed by atoms with Crippen molar-refractivity contribution in [3.8, 4) is 17.2 Å². The molecule has 0 radical (unpaired) electrons. The van der Waals surface area contributed by atoms with Gasteiger partial charge in [0.15, 0.2) is 18.1 Å². The molecule has 2 N–H and O–H groups in total. The van der Waals surface area contributed by atoms with Gasteiger partial charge >= 0.3 is 0 Å². The van der Waals surface area contributed by atoms with Crippen molar-refractivity contribution in [2.24, 2.45) is 5.10 Å². The van der Waals surface area contributed by atoms with E-state index in [4.69, 9.17) is 9.47 Å². The fourth-order valence-electron chi connectivity index (χ4n) is 2.46. The van der Waals surface area contributed by atoms with Gasteiger partial charge in [-0.2, -0.15) is 5.10 Å². The van der Waals surface area contributed by atoms with Gasteiger partial charge in [-0.15, -0.1) is 0 Å².